The fourth-order valence-electron chi connectivity index (χ4n) is 2.98. The Hall–Kier alpha value is -2.93. The minimum absolute atomic E-state index is 0.105. The molecule has 0 bridgehead atoms. The van der Waals surface area contributed by atoms with Crippen molar-refractivity contribution in [2.24, 2.45) is 0 Å². The summed E-state index contributed by atoms with van der Waals surface area (Å²) in [6.45, 7) is 0.422. The number of sulfonamides is 1. The largest absolute Gasteiger partial charge is 0.352 e. The number of benzene rings is 3. The molecule has 0 aliphatic rings. The smallest absolute Gasteiger partial charge is 0.229 e. The molecule has 0 heterocycles. The van der Waals surface area contributed by atoms with Gasteiger partial charge in [-0.15, -0.1) is 0 Å². The number of hydrogen-bond donors (Lipinski definition) is 2. The molecule has 2 N–H and O–H groups in total. The Kier molecular flexibility index (Phi) is 5.94. The minimum Gasteiger partial charge on any atom is -0.352 e. The molecule has 0 atom stereocenters. The molecule has 0 aliphatic heterocycles. The van der Waals surface area contributed by atoms with E-state index in [1.54, 1.807) is 6.07 Å². The van der Waals surface area contributed by atoms with Crippen LogP contribution >= 0.6 is 0 Å². The van der Waals surface area contributed by atoms with Gasteiger partial charge in [-0.3, -0.25) is 9.52 Å². The summed E-state index contributed by atoms with van der Waals surface area (Å²) in [7, 11) is -3.54. The maximum absolute atomic E-state index is 14.0. The number of amides is 1. The number of anilines is 1. The van der Waals surface area contributed by atoms with Crippen molar-refractivity contribution >= 4 is 32.4 Å². The predicted octanol–water partition coefficient (Wildman–Crippen LogP) is 3.60. The highest BCUT2D eigenvalue weighted by Crippen LogP contribution is 2.19. The van der Waals surface area contributed by atoms with Crippen LogP contribution in [0.4, 0.5) is 10.1 Å². The van der Waals surface area contributed by atoms with Gasteiger partial charge >= 0.3 is 0 Å². The first-order valence-electron chi connectivity index (χ1n) is 8.81. The van der Waals surface area contributed by atoms with E-state index in [1.165, 1.54) is 12.1 Å². The molecule has 146 valence electrons. The molecule has 1 amide bonds. The minimum atomic E-state index is -3.54. The van der Waals surface area contributed by atoms with Gasteiger partial charge in [0.2, 0.25) is 15.9 Å². The highest BCUT2D eigenvalue weighted by molar-refractivity contribution is 7.92. The topological polar surface area (TPSA) is 75.3 Å². The van der Waals surface area contributed by atoms with Crippen molar-refractivity contribution in [2.45, 2.75) is 19.4 Å². The highest BCUT2D eigenvalue weighted by atomic mass is 32.2. The van der Waals surface area contributed by atoms with Crippen LogP contribution in [0.3, 0.4) is 0 Å². The summed E-state index contributed by atoms with van der Waals surface area (Å²) in [5.74, 6) is -0.800. The van der Waals surface area contributed by atoms with E-state index in [-0.39, 0.29) is 18.0 Å². The van der Waals surface area contributed by atoms with Crippen molar-refractivity contribution in [3.8, 4) is 0 Å². The molecule has 0 spiro atoms. The monoisotopic (exact) mass is 400 g/mol. The van der Waals surface area contributed by atoms with Crippen molar-refractivity contribution < 1.29 is 17.6 Å². The summed E-state index contributed by atoms with van der Waals surface area (Å²) in [6.07, 6.45) is 1.53. The van der Waals surface area contributed by atoms with Gasteiger partial charge in [-0.1, -0.05) is 48.5 Å². The molecule has 0 fully saturated rings. The Balaban J connectivity index is 1.56. The van der Waals surface area contributed by atoms with E-state index < -0.39 is 15.8 Å². The Morgan fingerprint density at radius 3 is 2.54 bits per heavy atom. The summed E-state index contributed by atoms with van der Waals surface area (Å²) in [4.78, 5) is 12.2. The number of fused-ring (bicyclic) bond motifs is 1. The van der Waals surface area contributed by atoms with Gasteiger partial charge < -0.3 is 5.32 Å². The van der Waals surface area contributed by atoms with E-state index in [0.717, 1.165) is 22.6 Å². The maximum atomic E-state index is 14.0. The fraction of sp³-hybridized carbons (Fsp3) is 0.190. The third kappa shape index (κ3) is 5.29. The second kappa shape index (κ2) is 8.39. The van der Waals surface area contributed by atoms with Crippen LogP contribution in [0.1, 0.15) is 17.5 Å². The van der Waals surface area contributed by atoms with E-state index in [2.05, 4.69) is 10.0 Å². The quantitative estimate of drug-likeness (QED) is 0.636. The zero-order valence-corrected chi connectivity index (χ0v) is 16.2. The van der Waals surface area contributed by atoms with Gasteiger partial charge in [0.05, 0.1) is 11.9 Å². The Bertz CT molecular complexity index is 1110. The van der Waals surface area contributed by atoms with Gasteiger partial charge in [-0.25, -0.2) is 12.8 Å². The lowest BCUT2D eigenvalue weighted by Crippen LogP contribution is -2.23. The van der Waals surface area contributed by atoms with Crippen molar-refractivity contribution in [1.29, 1.82) is 0 Å². The first-order chi connectivity index (χ1) is 13.3. The van der Waals surface area contributed by atoms with Crippen molar-refractivity contribution in [2.75, 3.05) is 11.0 Å². The van der Waals surface area contributed by atoms with Crippen LogP contribution in [0.25, 0.3) is 10.8 Å². The van der Waals surface area contributed by atoms with Crippen molar-refractivity contribution in [3.05, 3.63) is 77.6 Å². The van der Waals surface area contributed by atoms with E-state index in [1.807, 2.05) is 42.5 Å². The number of halogens is 1. The maximum Gasteiger partial charge on any atom is 0.229 e. The molecule has 3 aromatic carbocycles. The van der Waals surface area contributed by atoms with Gasteiger partial charge in [-0.05, 0) is 40.5 Å². The van der Waals surface area contributed by atoms with Gasteiger partial charge in [0.15, 0.2) is 0 Å². The Labute approximate surface area is 163 Å². The molecule has 3 aromatic rings. The SMILES string of the molecule is CS(=O)(=O)Nc1ccc(CCC(=O)NCc2cccc3ccccc23)cc1F. The van der Waals surface area contributed by atoms with Crippen molar-refractivity contribution in [3.63, 3.8) is 0 Å². The van der Waals surface area contributed by atoms with E-state index in [0.29, 0.717) is 18.5 Å². The average molecular weight is 400 g/mol. The second-order valence-electron chi connectivity index (χ2n) is 6.60. The summed E-state index contributed by atoms with van der Waals surface area (Å²) in [6, 6.07) is 18.1. The fourth-order valence-corrected chi connectivity index (χ4v) is 3.55. The molecule has 7 heteroatoms. The zero-order chi connectivity index (χ0) is 20.1. The predicted molar refractivity (Wildman–Crippen MR) is 109 cm³/mol. The van der Waals surface area contributed by atoms with Crippen LogP contribution in [0.2, 0.25) is 0 Å². The Morgan fingerprint density at radius 2 is 1.79 bits per heavy atom. The second-order valence-corrected chi connectivity index (χ2v) is 8.35. The van der Waals surface area contributed by atoms with E-state index in [9.17, 15) is 17.6 Å². The van der Waals surface area contributed by atoms with Crippen LogP contribution in [0.15, 0.2) is 60.7 Å². The van der Waals surface area contributed by atoms with Gasteiger partial charge in [0.25, 0.3) is 0 Å². The van der Waals surface area contributed by atoms with Gasteiger partial charge in [-0.2, -0.15) is 0 Å². The lowest BCUT2D eigenvalue weighted by molar-refractivity contribution is -0.121. The molecule has 0 saturated heterocycles. The molecule has 5 nitrogen and oxygen atoms in total. The van der Waals surface area contributed by atoms with Crippen LogP contribution < -0.4 is 10.0 Å². The first-order valence-corrected chi connectivity index (χ1v) is 10.7. The van der Waals surface area contributed by atoms with Crippen LogP contribution in [-0.2, 0) is 27.8 Å². The zero-order valence-electron chi connectivity index (χ0n) is 15.4. The highest BCUT2D eigenvalue weighted by Gasteiger charge is 2.10. The lowest BCUT2D eigenvalue weighted by atomic mass is 10.0. The first kappa shape index (κ1) is 19.8. The van der Waals surface area contributed by atoms with Crippen molar-refractivity contribution in [1.82, 2.24) is 5.32 Å². The molecular weight excluding hydrogens is 379 g/mol. The average Bonchev–Trinajstić information content (AvgIpc) is 2.65. The van der Waals surface area contributed by atoms with Crippen LogP contribution in [0.5, 0.6) is 0 Å². The summed E-state index contributed by atoms with van der Waals surface area (Å²) in [5, 5.41) is 5.11. The number of aryl methyl sites for hydroxylation is 1. The summed E-state index contributed by atoms with van der Waals surface area (Å²) >= 11 is 0. The molecule has 0 aliphatic carbocycles. The van der Waals surface area contributed by atoms with E-state index >= 15 is 0 Å². The summed E-state index contributed by atoms with van der Waals surface area (Å²) in [5.41, 5.74) is 1.55. The normalized spacial score (nSPS) is 11.4. The molecular formula is C21H21FN2O3S. The Morgan fingerprint density at radius 1 is 1.04 bits per heavy atom. The molecule has 3 rings (SSSR count). The molecule has 0 aromatic heterocycles. The van der Waals surface area contributed by atoms with Gasteiger partial charge in [0.1, 0.15) is 5.82 Å². The molecule has 0 saturated carbocycles. The third-order valence-corrected chi connectivity index (χ3v) is 4.92. The molecule has 0 unspecified atom stereocenters. The molecule has 28 heavy (non-hydrogen) atoms. The number of carbonyl (C=O) groups is 1. The number of rotatable bonds is 7. The molecule has 0 radical (unpaired) electrons. The standard InChI is InChI=1S/C21H21FN2O3S/c1-28(26,27)24-20-11-9-15(13-19(20)22)10-12-21(25)23-14-17-7-4-6-16-5-2-3-8-18(16)17/h2-9,11,13,24H,10,12,14H2,1H3,(H,23,25). The van der Waals surface area contributed by atoms with Crippen LogP contribution in [0, 0.1) is 5.82 Å². The third-order valence-electron chi connectivity index (χ3n) is 4.33. The number of nitrogens with one attached hydrogen (secondary N) is 2. The number of carbonyl (C=O) groups excluding carboxylic acids is 1. The van der Waals surface area contributed by atoms with Gasteiger partial charge in [0, 0.05) is 13.0 Å². The lowest BCUT2D eigenvalue weighted by Gasteiger charge is -2.09. The van der Waals surface area contributed by atoms with Crippen LogP contribution in [-0.4, -0.2) is 20.6 Å². The summed E-state index contributed by atoms with van der Waals surface area (Å²) < 4.78 is 38.5. The number of hydrogen-bond acceptors (Lipinski definition) is 3. The van der Waals surface area contributed by atoms with E-state index in [4.69, 9.17) is 0 Å².